The highest BCUT2D eigenvalue weighted by molar-refractivity contribution is 8.76. The van der Waals surface area contributed by atoms with Crippen LogP contribution in [-0.4, -0.2) is 54.3 Å². The summed E-state index contributed by atoms with van der Waals surface area (Å²) in [5, 5.41) is 33.1. The summed E-state index contributed by atoms with van der Waals surface area (Å²) in [5.41, 5.74) is 6.11. The summed E-state index contributed by atoms with van der Waals surface area (Å²) in [5.74, 6) is 4.50. The third-order valence-electron chi connectivity index (χ3n) is 9.03. The van der Waals surface area contributed by atoms with Crippen molar-refractivity contribution in [1.82, 2.24) is 0 Å². The van der Waals surface area contributed by atoms with Crippen molar-refractivity contribution < 1.29 is 34.3 Å². The molecule has 3 aromatic carbocycles. The number of phenolic OH excluding ortho intramolecular Hbond substituents is 2. The van der Waals surface area contributed by atoms with Gasteiger partial charge in [0.2, 0.25) is 5.75 Å². The van der Waals surface area contributed by atoms with Crippen molar-refractivity contribution in [2.24, 2.45) is 5.92 Å². The van der Waals surface area contributed by atoms with Crippen LogP contribution >= 0.6 is 21.6 Å². The maximum Gasteiger partial charge on any atom is 0.200 e. The van der Waals surface area contributed by atoms with Gasteiger partial charge >= 0.3 is 0 Å². The normalized spacial score (nSPS) is 25.1. The molecular formula is C33H38O7S2. The highest BCUT2D eigenvalue weighted by Crippen LogP contribution is 2.56. The van der Waals surface area contributed by atoms with E-state index in [-0.39, 0.29) is 34.8 Å². The molecule has 0 saturated heterocycles. The number of hydrogen-bond acceptors (Lipinski definition) is 9. The summed E-state index contributed by atoms with van der Waals surface area (Å²) in [4.78, 5) is 0. The van der Waals surface area contributed by atoms with Crippen LogP contribution < -0.4 is 18.9 Å². The Kier molecular flexibility index (Phi) is 8.35. The zero-order valence-corrected chi connectivity index (χ0v) is 26.0. The van der Waals surface area contributed by atoms with Crippen molar-refractivity contribution >= 4 is 21.6 Å². The molecule has 0 aromatic heterocycles. The van der Waals surface area contributed by atoms with Crippen LogP contribution in [0, 0.1) is 5.92 Å². The number of benzene rings is 3. The molecule has 2 bridgehead atoms. The fourth-order valence-electron chi connectivity index (χ4n) is 6.78. The maximum absolute atomic E-state index is 12.1. The fraction of sp³-hybridized carbons (Fsp3) is 0.455. The second kappa shape index (κ2) is 12.0. The Balaban J connectivity index is 1.54. The van der Waals surface area contributed by atoms with Crippen LogP contribution in [0.4, 0.5) is 0 Å². The first-order valence-electron chi connectivity index (χ1n) is 14.5. The standard InChI is InChI=1S/C33H38O7S2/c1-17-5-6-18-11-23-29(21-8-7-20(34)14-22(18)21)25(37-2)15-26-30(23)24(16-42-41-10-9-17)31(35)33(40-26)19-12-27(38-3)32(36)28(13-19)39-4/h7-8,12-15,17-18,24,31,33-36H,5-6,9-11,16H2,1-4H3/t17-,18-,24-,31+,33-/m0/s1. The van der Waals surface area contributed by atoms with E-state index in [1.54, 1.807) is 36.1 Å². The SMILES string of the molecule is COc1cc([C@@H]2Oc3cc(OC)c4c5c3[C@H](CSSCC[C@@H](C)CC[C@@H](C5)c3cc(O)ccc3-4)[C@H]2O)cc(OC)c1O. The van der Waals surface area contributed by atoms with Crippen LogP contribution in [0.5, 0.6) is 34.5 Å². The molecule has 0 saturated carbocycles. The number of aliphatic hydroxyl groups excluding tert-OH is 1. The second-order valence-corrected chi connectivity index (χ2v) is 14.1. The van der Waals surface area contributed by atoms with E-state index in [1.807, 2.05) is 29.0 Å². The molecule has 0 radical (unpaired) electrons. The van der Waals surface area contributed by atoms with Gasteiger partial charge in [0.05, 0.1) is 21.3 Å². The predicted molar refractivity (Wildman–Crippen MR) is 168 cm³/mol. The topological polar surface area (TPSA) is 97.6 Å². The van der Waals surface area contributed by atoms with Crippen LogP contribution in [0.2, 0.25) is 0 Å². The van der Waals surface area contributed by atoms with E-state index in [2.05, 4.69) is 6.92 Å². The molecule has 7 nitrogen and oxygen atoms in total. The summed E-state index contributed by atoms with van der Waals surface area (Å²) >= 11 is 0. The average Bonchev–Trinajstić information content (AvgIpc) is 3.00. The van der Waals surface area contributed by atoms with E-state index in [9.17, 15) is 15.3 Å². The Morgan fingerprint density at radius 1 is 0.881 bits per heavy atom. The molecule has 0 fully saturated rings. The molecule has 0 spiro atoms. The number of fused-ring (bicyclic) bond motifs is 4. The van der Waals surface area contributed by atoms with E-state index < -0.39 is 12.2 Å². The van der Waals surface area contributed by atoms with Crippen molar-refractivity contribution in [3.8, 4) is 45.6 Å². The van der Waals surface area contributed by atoms with Gasteiger partial charge in [-0.15, -0.1) is 0 Å². The van der Waals surface area contributed by atoms with Crippen LogP contribution in [-0.2, 0) is 6.42 Å². The van der Waals surface area contributed by atoms with Crippen LogP contribution in [0.25, 0.3) is 11.1 Å². The number of aliphatic hydroxyl groups is 1. The lowest BCUT2D eigenvalue weighted by Gasteiger charge is -2.41. The molecule has 3 N–H and O–H groups in total. The average molecular weight is 611 g/mol. The van der Waals surface area contributed by atoms with Gasteiger partial charge in [0.25, 0.3) is 0 Å². The molecule has 3 aliphatic rings. The van der Waals surface area contributed by atoms with Gasteiger partial charge < -0.3 is 34.3 Å². The van der Waals surface area contributed by atoms with Crippen LogP contribution in [0.15, 0.2) is 36.4 Å². The number of ether oxygens (including phenoxy) is 4. The van der Waals surface area contributed by atoms with Crippen molar-refractivity contribution in [3.05, 3.63) is 58.7 Å². The minimum atomic E-state index is -0.856. The molecular weight excluding hydrogens is 572 g/mol. The Bertz CT molecular complexity index is 1450. The highest BCUT2D eigenvalue weighted by atomic mass is 33.1. The third-order valence-corrected chi connectivity index (χ3v) is 11.5. The molecule has 0 amide bonds. The maximum atomic E-state index is 12.1. The van der Waals surface area contributed by atoms with Crippen molar-refractivity contribution in [1.29, 1.82) is 0 Å². The van der Waals surface area contributed by atoms with Gasteiger partial charge in [-0.3, -0.25) is 0 Å². The number of rotatable bonds is 4. The summed E-state index contributed by atoms with van der Waals surface area (Å²) in [6, 6.07) is 11.0. The zero-order valence-electron chi connectivity index (χ0n) is 24.4. The van der Waals surface area contributed by atoms with E-state index in [4.69, 9.17) is 18.9 Å². The van der Waals surface area contributed by atoms with Gasteiger partial charge in [0.1, 0.15) is 23.4 Å². The zero-order chi connectivity index (χ0) is 29.5. The van der Waals surface area contributed by atoms with Gasteiger partial charge in [0.15, 0.2) is 17.6 Å². The molecule has 1 aliphatic carbocycles. The Hall–Kier alpha value is -2.88. The number of phenols is 2. The Morgan fingerprint density at radius 3 is 2.33 bits per heavy atom. The fourth-order valence-corrected chi connectivity index (χ4v) is 9.37. The predicted octanol–water partition coefficient (Wildman–Crippen LogP) is 7.21. The van der Waals surface area contributed by atoms with Crippen LogP contribution in [0.3, 0.4) is 0 Å². The smallest absolute Gasteiger partial charge is 0.200 e. The Morgan fingerprint density at radius 2 is 1.62 bits per heavy atom. The van der Waals surface area contributed by atoms with Gasteiger partial charge in [-0.05, 0) is 72.1 Å². The number of methoxy groups -OCH3 is 3. The lowest BCUT2D eigenvalue weighted by Crippen LogP contribution is -2.37. The first-order valence-corrected chi connectivity index (χ1v) is 16.9. The minimum Gasteiger partial charge on any atom is -0.508 e. The largest absolute Gasteiger partial charge is 0.508 e. The third kappa shape index (κ3) is 5.13. The van der Waals surface area contributed by atoms with Gasteiger partial charge in [-0.2, -0.15) is 0 Å². The molecule has 0 unspecified atom stereocenters. The second-order valence-electron chi connectivity index (χ2n) is 11.5. The molecule has 9 heteroatoms. The minimum absolute atomic E-state index is 0.0933. The highest BCUT2D eigenvalue weighted by Gasteiger charge is 2.43. The van der Waals surface area contributed by atoms with E-state index in [1.165, 1.54) is 14.2 Å². The molecule has 2 aliphatic heterocycles. The molecule has 3 aromatic rings. The van der Waals surface area contributed by atoms with E-state index in [0.29, 0.717) is 28.7 Å². The van der Waals surface area contributed by atoms with E-state index >= 15 is 0 Å². The van der Waals surface area contributed by atoms with Crippen molar-refractivity contribution in [2.45, 2.75) is 56.7 Å². The molecule has 2 heterocycles. The summed E-state index contributed by atoms with van der Waals surface area (Å²) in [6.45, 7) is 2.33. The summed E-state index contributed by atoms with van der Waals surface area (Å²) < 4.78 is 23.5. The van der Waals surface area contributed by atoms with Gasteiger partial charge in [-0.25, -0.2) is 0 Å². The molecule has 6 rings (SSSR count). The molecule has 224 valence electrons. The summed E-state index contributed by atoms with van der Waals surface area (Å²) in [6.07, 6.45) is 2.49. The summed E-state index contributed by atoms with van der Waals surface area (Å²) in [7, 11) is 8.32. The Labute approximate surface area is 254 Å². The van der Waals surface area contributed by atoms with Crippen molar-refractivity contribution in [2.75, 3.05) is 32.8 Å². The first-order chi connectivity index (χ1) is 20.3. The first kappa shape index (κ1) is 29.2. The quantitative estimate of drug-likeness (QED) is 0.265. The van der Waals surface area contributed by atoms with Crippen LogP contribution in [0.1, 0.15) is 66.4 Å². The lowest BCUT2D eigenvalue weighted by atomic mass is 9.71. The molecule has 42 heavy (non-hydrogen) atoms. The van der Waals surface area contributed by atoms with Gasteiger partial charge in [-0.1, -0.05) is 41.0 Å². The van der Waals surface area contributed by atoms with Crippen molar-refractivity contribution in [3.63, 3.8) is 0 Å². The monoisotopic (exact) mass is 610 g/mol. The molecule has 5 atom stereocenters. The number of aromatic hydroxyl groups is 2. The van der Waals surface area contributed by atoms with E-state index in [0.717, 1.165) is 59.3 Å². The lowest BCUT2D eigenvalue weighted by molar-refractivity contribution is 0.00421. The number of hydrogen-bond donors (Lipinski definition) is 3. The van der Waals surface area contributed by atoms with Gasteiger partial charge in [0, 0.05) is 40.2 Å².